The van der Waals surface area contributed by atoms with Crippen LogP contribution in [0.25, 0.3) is 0 Å². The first-order valence-corrected chi connectivity index (χ1v) is 11.8. The van der Waals surface area contributed by atoms with E-state index in [9.17, 15) is 0 Å². The van der Waals surface area contributed by atoms with Gasteiger partial charge < -0.3 is 0 Å². The fourth-order valence-electron chi connectivity index (χ4n) is 1.53. The molecular formula is C11H24Si3. The Hall–Kier alpha value is 0.651. The van der Waals surface area contributed by atoms with E-state index in [4.69, 9.17) is 0 Å². The van der Waals surface area contributed by atoms with Gasteiger partial charge in [0.1, 0.15) is 0 Å². The highest BCUT2D eigenvalue weighted by Crippen LogP contribution is 2.09. The molecule has 6 radical (unpaired) electrons. The zero-order valence-corrected chi connectivity index (χ0v) is 12.9. The maximum absolute atomic E-state index is 3.75. The largest absolute Gasteiger partial charge is 0.0761 e. The molecule has 0 unspecified atom stereocenters. The van der Waals surface area contributed by atoms with Crippen molar-refractivity contribution in [3.63, 3.8) is 0 Å². The third-order valence-electron chi connectivity index (χ3n) is 2.42. The molecule has 0 bridgehead atoms. The van der Waals surface area contributed by atoms with Crippen LogP contribution in [0.1, 0.15) is 58.3 Å². The highest BCUT2D eigenvalue weighted by Gasteiger charge is 1.96. The molecule has 0 spiro atoms. The molecule has 0 heterocycles. The van der Waals surface area contributed by atoms with Gasteiger partial charge in [-0.3, -0.25) is 0 Å². The zero-order valence-electron chi connectivity index (χ0n) is 9.86. The van der Waals surface area contributed by atoms with Gasteiger partial charge in [0.05, 0.1) is 0 Å². The highest BCUT2D eigenvalue weighted by molar-refractivity contribution is 7.34. The van der Waals surface area contributed by atoms with Crippen molar-refractivity contribution in [1.82, 2.24) is 0 Å². The maximum atomic E-state index is 3.75. The van der Waals surface area contributed by atoms with Crippen LogP contribution in [0.15, 0.2) is 0 Å². The van der Waals surface area contributed by atoms with Gasteiger partial charge >= 0.3 is 0 Å². The van der Waals surface area contributed by atoms with E-state index in [1.54, 1.807) is 0 Å². The summed E-state index contributed by atoms with van der Waals surface area (Å²) in [4.78, 5) is 0. The summed E-state index contributed by atoms with van der Waals surface area (Å²) in [6.45, 7) is 4.63. The van der Waals surface area contributed by atoms with Crippen LogP contribution in [-0.4, -0.2) is 26.6 Å². The summed E-state index contributed by atoms with van der Waals surface area (Å²) in [6.07, 6.45) is 11.6. The van der Waals surface area contributed by atoms with Crippen molar-refractivity contribution in [3.8, 4) is 0 Å². The van der Waals surface area contributed by atoms with Gasteiger partial charge in [-0.05, 0) is 0 Å². The highest BCUT2D eigenvalue weighted by atomic mass is 29.5. The lowest BCUT2D eigenvalue weighted by Crippen LogP contribution is -2.17. The van der Waals surface area contributed by atoms with Crippen LogP contribution in [0, 0.1) is 0 Å². The van der Waals surface area contributed by atoms with Crippen molar-refractivity contribution in [2.24, 2.45) is 0 Å². The zero-order chi connectivity index (χ0) is 10.6. The molecule has 0 aliphatic heterocycles. The lowest BCUT2D eigenvalue weighted by molar-refractivity contribution is 0.585. The molecule has 3 heteroatoms. The second kappa shape index (κ2) is 11.7. The monoisotopic (exact) mass is 240 g/mol. The minimum absolute atomic E-state index is 0.106. The predicted molar refractivity (Wildman–Crippen MR) is 70.5 cm³/mol. The first-order valence-electron chi connectivity index (χ1n) is 6.06. The number of hydrogen-bond donors (Lipinski definition) is 0. The van der Waals surface area contributed by atoms with Gasteiger partial charge in [0.2, 0.25) is 0 Å². The average Bonchev–Trinajstić information content (AvgIpc) is 2.15. The second-order valence-electron chi connectivity index (χ2n) is 4.03. The fraction of sp³-hybridized carbons (Fsp3) is 1.00. The molecule has 80 valence electrons. The van der Waals surface area contributed by atoms with Crippen LogP contribution >= 0.6 is 0 Å². The second-order valence-corrected chi connectivity index (χ2v) is 13.2. The van der Waals surface area contributed by atoms with Gasteiger partial charge in [-0.15, -0.1) is 0 Å². The Morgan fingerprint density at radius 1 is 0.929 bits per heavy atom. The summed E-state index contributed by atoms with van der Waals surface area (Å²) in [5, 5.41) is 0. The normalized spacial score (nSPS) is 11.1. The Morgan fingerprint density at radius 2 is 1.43 bits per heavy atom. The van der Waals surface area contributed by atoms with Crippen LogP contribution in [-0.2, 0) is 0 Å². The minimum Gasteiger partial charge on any atom is -0.0761 e. The molecule has 0 aromatic heterocycles. The SMILES string of the molecule is CCCCCCCCCC[Si][Si](C)[Si]. The molecule has 0 amide bonds. The van der Waals surface area contributed by atoms with Crippen molar-refractivity contribution in [3.05, 3.63) is 0 Å². The van der Waals surface area contributed by atoms with Crippen LogP contribution in [0.5, 0.6) is 0 Å². The molecule has 0 N–H and O–H groups in total. The number of hydrogen-bond acceptors (Lipinski definition) is 0. The van der Waals surface area contributed by atoms with Gasteiger partial charge in [-0.25, -0.2) is 0 Å². The smallest absolute Gasteiger partial charge is 0.0216 e. The van der Waals surface area contributed by atoms with Crippen LogP contribution in [0.3, 0.4) is 0 Å². The predicted octanol–water partition coefficient (Wildman–Crippen LogP) is 3.54. The molecule has 0 fully saturated rings. The van der Waals surface area contributed by atoms with Crippen molar-refractivity contribution in [2.75, 3.05) is 0 Å². The lowest BCUT2D eigenvalue weighted by Gasteiger charge is -2.02. The molecule has 0 atom stereocenters. The Bertz CT molecular complexity index is 105. The third-order valence-corrected chi connectivity index (χ3v) is 7.49. The Labute approximate surface area is 97.7 Å². The molecule has 0 rings (SSSR count). The Kier molecular flexibility index (Phi) is 12.3. The molecule has 14 heavy (non-hydrogen) atoms. The summed E-state index contributed by atoms with van der Waals surface area (Å²) in [7, 11) is 4.86. The Morgan fingerprint density at radius 3 is 1.93 bits per heavy atom. The van der Waals surface area contributed by atoms with Crippen LogP contribution in [0.2, 0.25) is 12.6 Å². The quantitative estimate of drug-likeness (QED) is 0.405. The minimum atomic E-state index is -0.106. The van der Waals surface area contributed by atoms with E-state index in [-0.39, 0.29) is 7.83 Å². The fourth-order valence-corrected chi connectivity index (χ4v) is 5.12. The lowest BCUT2D eigenvalue weighted by atomic mass is 10.1. The van der Waals surface area contributed by atoms with Crippen molar-refractivity contribution < 1.29 is 0 Å². The van der Waals surface area contributed by atoms with E-state index in [0.717, 1.165) is 0 Å². The van der Waals surface area contributed by atoms with Crippen LogP contribution in [0.4, 0.5) is 0 Å². The standard InChI is InChI=1S/C11H24Si3/c1-3-4-5-6-7-8-9-10-11-13-14(2)12/h3-11H2,1-2H3. The third kappa shape index (κ3) is 12.7. The van der Waals surface area contributed by atoms with Crippen LogP contribution < -0.4 is 0 Å². The Balaban J connectivity index is 2.85. The summed E-state index contributed by atoms with van der Waals surface area (Å²) in [6, 6.07) is 1.48. The topological polar surface area (TPSA) is 0 Å². The molecule has 0 aliphatic carbocycles. The van der Waals surface area contributed by atoms with Gasteiger partial charge in [0, 0.05) is 26.6 Å². The number of rotatable bonds is 10. The maximum Gasteiger partial charge on any atom is 0.0216 e. The van der Waals surface area contributed by atoms with E-state index in [2.05, 4.69) is 23.2 Å². The first kappa shape index (κ1) is 14.7. The van der Waals surface area contributed by atoms with Gasteiger partial charge in [-0.1, -0.05) is 70.9 Å². The molecule has 0 aromatic rings. The summed E-state index contributed by atoms with van der Waals surface area (Å²) >= 11 is 0. The van der Waals surface area contributed by atoms with E-state index < -0.39 is 0 Å². The molecule has 0 saturated heterocycles. The molecule has 0 nitrogen and oxygen atoms in total. The summed E-state index contributed by atoms with van der Waals surface area (Å²) in [5.74, 6) is 0. The van der Waals surface area contributed by atoms with Gasteiger partial charge in [-0.2, -0.15) is 0 Å². The van der Waals surface area contributed by atoms with Crippen molar-refractivity contribution in [1.29, 1.82) is 0 Å². The summed E-state index contributed by atoms with van der Waals surface area (Å²) in [5.41, 5.74) is 0. The molecule has 0 aliphatic rings. The first-order chi connectivity index (χ1) is 6.77. The molecular weight excluding hydrogens is 216 g/mol. The van der Waals surface area contributed by atoms with E-state index in [0.29, 0.717) is 0 Å². The van der Waals surface area contributed by atoms with E-state index in [1.807, 2.05) is 0 Å². The van der Waals surface area contributed by atoms with Gasteiger partial charge in [0.15, 0.2) is 0 Å². The molecule has 0 saturated carbocycles. The van der Waals surface area contributed by atoms with Gasteiger partial charge in [0.25, 0.3) is 0 Å². The number of unbranched alkanes of at least 4 members (excludes halogenated alkanes) is 7. The van der Waals surface area contributed by atoms with Crippen molar-refractivity contribution in [2.45, 2.75) is 70.9 Å². The van der Waals surface area contributed by atoms with E-state index in [1.165, 1.54) is 66.4 Å². The average molecular weight is 241 g/mol. The summed E-state index contributed by atoms with van der Waals surface area (Å²) < 4.78 is 0. The van der Waals surface area contributed by atoms with E-state index >= 15 is 0 Å². The molecule has 0 aromatic carbocycles. The van der Waals surface area contributed by atoms with Crippen molar-refractivity contribution >= 4 is 26.6 Å².